The van der Waals surface area contributed by atoms with Crippen LogP contribution in [0.3, 0.4) is 0 Å². The van der Waals surface area contributed by atoms with Crippen LogP contribution in [0, 0.1) is 17.7 Å². The fraction of sp³-hybridized carbons (Fsp3) is 0.464. The zero-order valence-corrected chi connectivity index (χ0v) is 20.6. The highest BCUT2D eigenvalue weighted by Gasteiger charge is 2.40. The predicted octanol–water partition coefficient (Wildman–Crippen LogP) is 3.16. The van der Waals surface area contributed by atoms with Crippen LogP contribution in [0.2, 0.25) is 0 Å². The second-order valence-corrected chi connectivity index (χ2v) is 10.3. The van der Waals surface area contributed by atoms with E-state index >= 15 is 0 Å². The summed E-state index contributed by atoms with van der Waals surface area (Å²) in [7, 11) is 0. The van der Waals surface area contributed by atoms with E-state index in [9.17, 15) is 18.8 Å². The number of piperazine rings is 1. The molecule has 2 N–H and O–H groups in total. The highest BCUT2D eigenvalue weighted by atomic mass is 19.1. The van der Waals surface area contributed by atoms with E-state index in [1.165, 1.54) is 6.07 Å². The van der Waals surface area contributed by atoms with E-state index in [1.54, 1.807) is 34.1 Å². The van der Waals surface area contributed by atoms with Crippen LogP contribution in [0.15, 0.2) is 48.5 Å². The third-order valence-corrected chi connectivity index (χ3v) is 7.97. The van der Waals surface area contributed by atoms with Gasteiger partial charge in [0.25, 0.3) is 11.8 Å². The van der Waals surface area contributed by atoms with E-state index in [4.69, 9.17) is 0 Å². The number of fused-ring (bicyclic) bond motifs is 1. The molecule has 2 aliphatic heterocycles. The van der Waals surface area contributed by atoms with E-state index in [1.807, 2.05) is 25.1 Å². The molecule has 36 heavy (non-hydrogen) atoms. The zero-order chi connectivity index (χ0) is 25.2. The maximum atomic E-state index is 14.8. The van der Waals surface area contributed by atoms with Gasteiger partial charge in [-0.25, -0.2) is 9.82 Å². The number of hydrogen-bond donors (Lipinski definition) is 2. The summed E-state index contributed by atoms with van der Waals surface area (Å²) in [6, 6.07) is 13.7. The van der Waals surface area contributed by atoms with Crippen LogP contribution >= 0.6 is 0 Å². The highest BCUT2D eigenvalue weighted by molar-refractivity contribution is 5.96. The van der Waals surface area contributed by atoms with Crippen molar-refractivity contribution in [2.24, 2.45) is 11.8 Å². The van der Waals surface area contributed by atoms with Gasteiger partial charge in [-0.3, -0.25) is 19.8 Å². The van der Waals surface area contributed by atoms with Crippen LogP contribution in [0.25, 0.3) is 0 Å². The molecule has 2 saturated heterocycles. The molecule has 0 aromatic heterocycles. The van der Waals surface area contributed by atoms with Crippen molar-refractivity contribution in [1.82, 2.24) is 20.7 Å². The van der Waals surface area contributed by atoms with E-state index in [-0.39, 0.29) is 47.2 Å². The van der Waals surface area contributed by atoms with Crippen molar-refractivity contribution in [2.75, 3.05) is 19.6 Å². The SMILES string of the molecule is C[C@@H]1CN(C(=O)c2ccccc2)CCN1C(=O)c1cc(CC2NNC(=O)C3CCCCC23)ccc1F. The van der Waals surface area contributed by atoms with Crippen LogP contribution in [0.1, 0.15) is 58.9 Å². The van der Waals surface area contributed by atoms with Crippen molar-refractivity contribution < 1.29 is 18.8 Å². The molecule has 2 aromatic rings. The van der Waals surface area contributed by atoms with E-state index in [0.29, 0.717) is 31.6 Å². The molecule has 5 rings (SSSR count). The van der Waals surface area contributed by atoms with Gasteiger partial charge in [-0.2, -0.15) is 0 Å². The molecule has 8 heteroatoms. The average molecular weight is 493 g/mol. The molecule has 3 unspecified atom stereocenters. The summed E-state index contributed by atoms with van der Waals surface area (Å²) in [5.74, 6) is -0.636. The van der Waals surface area contributed by atoms with Crippen LogP contribution in [-0.4, -0.2) is 59.2 Å². The van der Waals surface area contributed by atoms with Crippen molar-refractivity contribution >= 4 is 17.7 Å². The normalized spacial score (nSPS) is 26.2. The maximum absolute atomic E-state index is 14.8. The second-order valence-electron chi connectivity index (χ2n) is 10.3. The van der Waals surface area contributed by atoms with Crippen LogP contribution in [-0.2, 0) is 11.2 Å². The summed E-state index contributed by atoms with van der Waals surface area (Å²) in [6.07, 6.45) is 4.68. The summed E-state index contributed by atoms with van der Waals surface area (Å²) in [6.45, 7) is 3.04. The summed E-state index contributed by atoms with van der Waals surface area (Å²) < 4.78 is 14.8. The summed E-state index contributed by atoms with van der Waals surface area (Å²) >= 11 is 0. The first-order chi connectivity index (χ1) is 17.4. The smallest absolute Gasteiger partial charge is 0.257 e. The number of amides is 3. The Labute approximate surface area is 211 Å². The third kappa shape index (κ3) is 4.87. The fourth-order valence-corrected chi connectivity index (χ4v) is 6.01. The molecule has 2 heterocycles. The summed E-state index contributed by atoms with van der Waals surface area (Å²) in [5, 5.41) is 0. The summed E-state index contributed by atoms with van der Waals surface area (Å²) in [4.78, 5) is 41.9. The molecular weight excluding hydrogens is 459 g/mol. The van der Waals surface area contributed by atoms with Crippen LogP contribution < -0.4 is 10.9 Å². The first-order valence-electron chi connectivity index (χ1n) is 12.9. The van der Waals surface area contributed by atoms with Crippen molar-refractivity contribution in [2.45, 2.75) is 51.1 Å². The Morgan fingerprint density at radius 1 is 1.03 bits per heavy atom. The quantitative estimate of drug-likeness (QED) is 0.687. The lowest BCUT2D eigenvalue weighted by atomic mass is 9.72. The predicted molar refractivity (Wildman–Crippen MR) is 133 cm³/mol. The van der Waals surface area contributed by atoms with Crippen molar-refractivity contribution in [1.29, 1.82) is 0 Å². The third-order valence-electron chi connectivity index (χ3n) is 7.97. The Hall–Kier alpha value is -3.26. The number of hydrogen-bond acceptors (Lipinski definition) is 4. The van der Waals surface area contributed by atoms with Crippen LogP contribution in [0.5, 0.6) is 0 Å². The number of nitrogens with one attached hydrogen (secondary N) is 2. The number of benzene rings is 2. The monoisotopic (exact) mass is 492 g/mol. The van der Waals surface area contributed by atoms with Gasteiger partial charge in [0.05, 0.1) is 5.56 Å². The van der Waals surface area contributed by atoms with Gasteiger partial charge < -0.3 is 9.80 Å². The van der Waals surface area contributed by atoms with Crippen LogP contribution in [0.4, 0.5) is 4.39 Å². The molecule has 0 bridgehead atoms. The number of hydrazine groups is 1. The molecule has 2 aromatic carbocycles. The second kappa shape index (κ2) is 10.4. The standard InChI is InChI=1S/C28H33FN4O3/c1-18-17-32(27(35)20-7-3-2-4-8-20)13-14-33(18)28(36)23-15-19(11-12-24(23)29)16-25-21-9-5-6-10-22(21)26(34)31-30-25/h2-4,7-8,11-12,15,18,21-22,25,30H,5-6,9-10,13-14,16-17H2,1H3,(H,31,34)/t18-,21?,22?,25?/m1/s1. The highest BCUT2D eigenvalue weighted by Crippen LogP contribution is 2.35. The fourth-order valence-electron chi connectivity index (χ4n) is 6.01. The van der Waals surface area contributed by atoms with E-state index < -0.39 is 5.82 Å². The number of halogens is 1. The minimum Gasteiger partial charge on any atom is -0.335 e. The Balaban J connectivity index is 1.27. The summed E-state index contributed by atoms with van der Waals surface area (Å²) in [5.41, 5.74) is 7.51. The number of carbonyl (C=O) groups is 3. The van der Waals surface area contributed by atoms with Gasteiger partial charge in [-0.05, 0) is 61.9 Å². The molecule has 1 aliphatic carbocycles. The first-order valence-corrected chi connectivity index (χ1v) is 12.9. The van der Waals surface area contributed by atoms with Crippen molar-refractivity contribution in [3.05, 3.63) is 71.0 Å². The molecule has 3 amide bonds. The van der Waals surface area contributed by atoms with E-state index in [0.717, 1.165) is 31.2 Å². The topological polar surface area (TPSA) is 81.8 Å². The molecule has 4 atom stereocenters. The Morgan fingerprint density at radius 2 is 1.81 bits per heavy atom. The van der Waals surface area contributed by atoms with Gasteiger partial charge in [0.2, 0.25) is 5.91 Å². The van der Waals surface area contributed by atoms with Crippen molar-refractivity contribution in [3.63, 3.8) is 0 Å². The molecule has 3 fully saturated rings. The zero-order valence-electron chi connectivity index (χ0n) is 20.6. The Bertz CT molecular complexity index is 1140. The lowest BCUT2D eigenvalue weighted by molar-refractivity contribution is -0.133. The number of carbonyl (C=O) groups excluding carboxylic acids is 3. The molecule has 0 radical (unpaired) electrons. The minimum absolute atomic E-state index is 0.0160. The maximum Gasteiger partial charge on any atom is 0.257 e. The first kappa shape index (κ1) is 24.4. The van der Waals surface area contributed by atoms with Crippen molar-refractivity contribution in [3.8, 4) is 0 Å². The van der Waals surface area contributed by atoms with Gasteiger partial charge in [0, 0.05) is 43.2 Å². The Kier molecular flexibility index (Phi) is 7.05. The van der Waals surface area contributed by atoms with E-state index in [2.05, 4.69) is 10.9 Å². The van der Waals surface area contributed by atoms with Gasteiger partial charge in [-0.1, -0.05) is 37.1 Å². The average Bonchev–Trinajstić information content (AvgIpc) is 2.91. The lowest BCUT2D eigenvalue weighted by Crippen LogP contribution is -2.60. The largest absolute Gasteiger partial charge is 0.335 e. The molecule has 7 nitrogen and oxygen atoms in total. The number of nitrogens with zero attached hydrogens (tertiary/aromatic N) is 2. The van der Waals surface area contributed by atoms with Gasteiger partial charge in [-0.15, -0.1) is 0 Å². The molecule has 1 saturated carbocycles. The minimum atomic E-state index is -0.542. The molecular formula is C28H33FN4O3. The van der Waals surface area contributed by atoms with Gasteiger partial charge in [0.15, 0.2) is 0 Å². The molecule has 0 spiro atoms. The molecule has 190 valence electrons. The number of rotatable bonds is 4. The molecule has 3 aliphatic rings. The van der Waals surface area contributed by atoms with Gasteiger partial charge >= 0.3 is 0 Å². The van der Waals surface area contributed by atoms with Gasteiger partial charge in [0.1, 0.15) is 5.82 Å². The Morgan fingerprint density at radius 3 is 2.58 bits per heavy atom. The lowest BCUT2D eigenvalue weighted by Gasteiger charge is -2.41.